The third-order valence-corrected chi connectivity index (χ3v) is 5.20. The van der Waals surface area contributed by atoms with Crippen LogP contribution in [0.3, 0.4) is 0 Å². The van der Waals surface area contributed by atoms with Crippen molar-refractivity contribution in [3.05, 3.63) is 53.6 Å². The SMILES string of the molecule is CCCCCCC(C)(C)c1cc(O)c(C(=O)N(C)c2ccccc2)c(O)c1. The fourth-order valence-electron chi connectivity index (χ4n) is 3.30. The van der Waals surface area contributed by atoms with E-state index in [1.54, 1.807) is 31.3 Å². The first kappa shape index (κ1) is 20.8. The summed E-state index contributed by atoms with van der Waals surface area (Å²) in [6, 6.07) is 12.4. The van der Waals surface area contributed by atoms with E-state index in [1.807, 2.05) is 18.2 Å². The van der Waals surface area contributed by atoms with Crippen LogP contribution in [0.15, 0.2) is 42.5 Å². The van der Waals surface area contributed by atoms with Gasteiger partial charge in [0.2, 0.25) is 0 Å². The third-order valence-electron chi connectivity index (χ3n) is 5.20. The Bertz CT molecular complexity index is 745. The van der Waals surface area contributed by atoms with Gasteiger partial charge >= 0.3 is 0 Å². The number of carbonyl (C=O) groups excluding carboxylic acids is 1. The van der Waals surface area contributed by atoms with E-state index in [0.717, 1.165) is 18.4 Å². The Morgan fingerprint density at radius 1 is 1.00 bits per heavy atom. The highest BCUT2D eigenvalue weighted by Crippen LogP contribution is 2.38. The highest BCUT2D eigenvalue weighted by molar-refractivity contribution is 6.09. The van der Waals surface area contributed by atoms with E-state index >= 15 is 0 Å². The maximum absolute atomic E-state index is 12.8. The smallest absolute Gasteiger partial charge is 0.265 e. The minimum absolute atomic E-state index is 0.0631. The van der Waals surface area contributed by atoms with E-state index in [2.05, 4.69) is 20.8 Å². The Labute approximate surface area is 162 Å². The standard InChI is InChI=1S/C23H31NO3/c1-5-6-7-11-14-23(2,3)17-15-19(25)21(20(26)16-17)22(27)24(4)18-12-9-8-10-13-18/h8-10,12-13,15-16,25-26H,5-7,11,14H2,1-4H3. The summed E-state index contributed by atoms with van der Waals surface area (Å²) in [4.78, 5) is 14.2. The quantitative estimate of drug-likeness (QED) is 0.594. The maximum atomic E-state index is 12.8. The van der Waals surface area contributed by atoms with Crippen molar-refractivity contribution in [2.45, 2.75) is 58.3 Å². The molecule has 2 rings (SSSR count). The number of amides is 1. The number of unbranched alkanes of at least 4 members (excludes halogenated alkanes) is 3. The lowest BCUT2D eigenvalue weighted by atomic mass is 9.79. The van der Waals surface area contributed by atoms with Crippen LogP contribution in [-0.4, -0.2) is 23.2 Å². The van der Waals surface area contributed by atoms with Crippen LogP contribution >= 0.6 is 0 Å². The lowest BCUT2D eigenvalue weighted by Gasteiger charge is -2.27. The number of carbonyl (C=O) groups is 1. The molecule has 0 bridgehead atoms. The summed E-state index contributed by atoms with van der Waals surface area (Å²) in [5.41, 5.74) is 1.29. The number of benzene rings is 2. The molecule has 2 N–H and O–H groups in total. The fraction of sp³-hybridized carbons (Fsp3) is 0.435. The molecule has 1 amide bonds. The number of rotatable bonds is 8. The van der Waals surface area contributed by atoms with Gasteiger partial charge in [-0.1, -0.05) is 64.7 Å². The predicted molar refractivity (Wildman–Crippen MR) is 111 cm³/mol. The predicted octanol–water partition coefficient (Wildman–Crippen LogP) is 5.62. The van der Waals surface area contributed by atoms with Crippen molar-refractivity contribution in [3.63, 3.8) is 0 Å². The lowest BCUT2D eigenvalue weighted by molar-refractivity contribution is 0.0987. The summed E-state index contributed by atoms with van der Waals surface area (Å²) < 4.78 is 0. The van der Waals surface area contributed by atoms with Gasteiger partial charge in [0.05, 0.1) is 0 Å². The van der Waals surface area contributed by atoms with Crippen LogP contribution in [0, 0.1) is 0 Å². The molecule has 0 saturated carbocycles. The van der Waals surface area contributed by atoms with Gasteiger partial charge in [-0.3, -0.25) is 4.79 Å². The summed E-state index contributed by atoms with van der Waals surface area (Å²) in [7, 11) is 1.63. The van der Waals surface area contributed by atoms with Gasteiger partial charge in [0.15, 0.2) is 0 Å². The summed E-state index contributed by atoms with van der Waals surface area (Å²) >= 11 is 0. The number of phenols is 2. The van der Waals surface area contributed by atoms with E-state index < -0.39 is 5.91 Å². The number of aromatic hydroxyl groups is 2. The van der Waals surface area contributed by atoms with Crippen LogP contribution in [0.2, 0.25) is 0 Å². The average Bonchev–Trinajstić information content (AvgIpc) is 2.64. The highest BCUT2D eigenvalue weighted by atomic mass is 16.3. The summed E-state index contributed by atoms with van der Waals surface area (Å²) in [6.45, 7) is 6.39. The first-order valence-corrected chi connectivity index (χ1v) is 9.67. The van der Waals surface area contributed by atoms with E-state index in [1.165, 1.54) is 24.2 Å². The number of anilines is 1. The largest absolute Gasteiger partial charge is 0.507 e. The van der Waals surface area contributed by atoms with Gasteiger partial charge in [0.1, 0.15) is 17.1 Å². The molecule has 0 fully saturated rings. The zero-order valence-corrected chi connectivity index (χ0v) is 16.8. The van der Waals surface area contributed by atoms with Crippen LogP contribution in [-0.2, 0) is 5.41 Å². The molecule has 0 atom stereocenters. The molecule has 0 aliphatic heterocycles. The zero-order valence-electron chi connectivity index (χ0n) is 16.8. The van der Waals surface area contributed by atoms with Crippen LogP contribution in [0.5, 0.6) is 11.5 Å². The normalized spacial score (nSPS) is 11.4. The van der Waals surface area contributed by atoms with Crippen LogP contribution in [0.4, 0.5) is 5.69 Å². The molecule has 0 aliphatic rings. The van der Waals surface area contributed by atoms with E-state index in [9.17, 15) is 15.0 Å². The van der Waals surface area contributed by atoms with Crippen molar-refractivity contribution < 1.29 is 15.0 Å². The number of nitrogens with zero attached hydrogens (tertiary/aromatic N) is 1. The van der Waals surface area contributed by atoms with Crippen LogP contribution < -0.4 is 4.90 Å². The first-order valence-electron chi connectivity index (χ1n) is 9.67. The second-order valence-electron chi connectivity index (χ2n) is 7.78. The zero-order chi connectivity index (χ0) is 20.0. The number of hydrogen-bond acceptors (Lipinski definition) is 3. The monoisotopic (exact) mass is 369 g/mol. The van der Waals surface area contributed by atoms with Gasteiger partial charge in [-0.25, -0.2) is 0 Å². The van der Waals surface area contributed by atoms with E-state index in [0.29, 0.717) is 5.69 Å². The second-order valence-corrected chi connectivity index (χ2v) is 7.78. The fourth-order valence-corrected chi connectivity index (χ4v) is 3.30. The first-order chi connectivity index (χ1) is 12.8. The average molecular weight is 370 g/mol. The van der Waals surface area contributed by atoms with Crippen molar-refractivity contribution in [2.75, 3.05) is 11.9 Å². The van der Waals surface area contributed by atoms with Gasteiger partial charge in [-0.15, -0.1) is 0 Å². The molecular formula is C23H31NO3. The molecular weight excluding hydrogens is 338 g/mol. The minimum atomic E-state index is -0.441. The van der Waals surface area contributed by atoms with Gasteiger partial charge in [0.25, 0.3) is 5.91 Å². The number of phenolic OH excluding ortho intramolecular Hbond substituents is 2. The van der Waals surface area contributed by atoms with Gasteiger partial charge in [-0.2, -0.15) is 0 Å². The highest BCUT2D eigenvalue weighted by Gasteiger charge is 2.27. The van der Waals surface area contributed by atoms with Crippen molar-refractivity contribution in [1.82, 2.24) is 0 Å². The summed E-state index contributed by atoms with van der Waals surface area (Å²) in [5, 5.41) is 21.0. The number of para-hydroxylation sites is 1. The Balaban J connectivity index is 2.24. The maximum Gasteiger partial charge on any atom is 0.265 e. The molecule has 2 aromatic carbocycles. The van der Waals surface area contributed by atoms with Crippen molar-refractivity contribution in [2.24, 2.45) is 0 Å². The van der Waals surface area contributed by atoms with E-state index in [4.69, 9.17) is 0 Å². The summed E-state index contributed by atoms with van der Waals surface area (Å²) in [6.07, 6.45) is 5.64. The Morgan fingerprint density at radius 3 is 2.15 bits per heavy atom. The molecule has 0 unspecified atom stereocenters. The lowest BCUT2D eigenvalue weighted by Crippen LogP contribution is -2.26. The molecule has 0 aliphatic carbocycles. The molecule has 0 saturated heterocycles. The van der Waals surface area contributed by atoms with Crippen molar-refractivity contribution >= 4 is 11.6 Å². The van der Waals surface area contributed by atoms with Crippen LogP contribution in [0.1, 0.15) is 68.8 Å². The summed E-state index contributed by atoms with van der Waals surface area (Å²) in [5.74, 6) is -0.803. The molecule has 4 nitrogen and oxygen atoms in total. The molecule has 0 radical (unpaired) electrons. The van der Waals surface area contributed by atoms with Gasteiger partial charge in [0, 0.05) is 12.7 Å². The van der Waals surface area contributed by atoms with E-state index in [-0.39, 0.29) is 22.5 Å². The van der Waals surface area contributed by atoms with Gasteiger partial charge in [-0.05, 0) is 41.7 Å². The Kier molecular flexibility index (Phi) is 6.89. The topological polar surface area (TPSA) is 60.8 Å². The minimum Gasteiger partial charge on any atom is -0.507 e. The Morgan fingerprint density at radius 2 is 1.59 bits per heavy atom. The number of hydrogen-bond donors (Lipinski definition) is 2. The van der Waals surface area contributed by atoms with Crippen molar-refractivity contribution in [1.29, 1.82) is 0 Å². The molecule has 2 aromatic rings. The Hall–Kier alpha value is -2.49. The molecule has 0 spiro atoms. The second kappa shape index (κ2) is 8.94. The molecule has 27 heavy (non-hydrogen) atoms. The molecule has 0 heterocycles. The molecule has 4 heteroatoms. The molecule has 146 valence electrons. The van der Waals surface area contributed by atoms with Gasteiger partial charge < -0.3 is 15.1 Å². The molecule has 0 aromatic heterocycles. The third kappa shape index (κ3) is 5.03. The van der Waals surface area contributed by atoms with Crippen LogP contribution in [0.25, 0.3) is 0 Å². The van der Waals surface area contributed by atoms with Crippen molar-refractivity contribution in [3.8, 4) is 11.5 Å².